The van der Waals surface area contributed by atoms with Gasteiger partial charge in [-0.15, -0.1) is 0 Å². The van der Waals surface area contributed by atoms with Crippen LogP contribution in [0.4, 0.5) is 5.82 Å². The Balaban J connectivity index is 1.45. The number of rotatable bonds is 5. The van der Waals surface area contributed by atoms with Gasteiger partial charge in [0.05, 0.1) is 30.8 Å². The van der Waals surface area contributed by atoms with Gasteiger partial charge in [0.25, 0.3) is 0 Å². The largest absolute Gasteiger partial charge is 0.473 e. The van der Waals surface area contributed by atoms with E-state index in [0.717, 1.165) is 73.9 Å². The molecule has 2 saturated heterocycles. The topological polar surface area (TPSA) is 77.3 Å². The van der Waals surface area contributed by atoms with Crippen LogP contribution in [0.25, 0.3) is 22.3 Å². The highest BCUT2D eigenvalue weighted by Crippen LogP contribution is 2.30. The quantitative estimate of drug-likeness (QED) is 0.694. The molecular weight excluding hydrogens is 380 g/mol. The van der Waals surface area contributed by atoms with Crippen molar-refractivity contribution in [3.8, 4) is 17.1 Å². The molecule has 0 radical (unpaired) electrons. The van der Waals surface area contributed by atoms with Gasteiger partial charge in [0.1, 0.15) is 17.4 Å². The molecule has 5 rings (SSSR count). The van der Waals surface area contributed by atoms with Crippen molar-refractivity contribution in [1.29, 1.82) is 0 Å². The Morgan fingerprint density at radius 3 is 2.83 bits per heavy atom. The van der Waals surface area contributed by atoms with Crippen LogP contribution in [0.3, 0.4) is 0 Å². The second-order valence-electron chi connectivity index (χ2n) is 8.12. The van der Waals surface area contributed by atoms with Gasteiger partial charge >= 0.3 is 0 Å². The van der Waals surface area contributed by atoms with Gasteiger partial charge in [0.2, 0.25) is 5.88 Å². The molecule has 3 aromatic rings. The Hall–Kier alpha value is -2.71. The van der Waals surface area contributed by atoms with Gasteiger partial charge in [-0.1, -0.05) is 0 Å². The van der Waals surface area contributed by atoms with Crippen LogP contribution >= 0.6 is 0 Å². The molecule has 8 heteroatoms. The van der Waals surface area contributed by atoms with E-state index in [1.807, 2.05) is 30.2 Å². The van der Waals surface area contributed by atoms with Crippen molar-refractivity contribution in [2.75, 3.05) is 44.3 Å². The van der Waals surface area contributed by atoms with E-state index < -0.39 is 0 Å². The first-order valence-electron chi connectivity index (χ1n) is 10.7. The van der Waals surface area contributed by atoms with Crippen molar-refractivity contribution in [3.05, 3.63) is 30.7 Å². The maximum Gasteiger partial charge on any atom is 0.241 e. The summed E-state index contributed by atoms with van der Waals surface area (Å²) in [5.41, 5.74) is 3.59. The number of imidazole rings is 1. The van der Waals surface area contributed by atoms with Crippen LogP contribution in [-0.4, -0.2) is 65.0 Å². The molecule has 0 amide bonds. The van der Waals surface area contributed by atoms with Crippen LogP contribution < -0.4 is 15.0 Å². The average molecular weight is 409 g/mol. The first-order chi connectivity index (χ1) is 14.7. The van der Waals surface area contributed by atoms with E-state index in [2.05, 4.69) is 39.2 Å². The summed E-state index contributed by atoms with van der Waals surface area (Å²) in [6.45, 7) is 7.41. The lowest BCUT2D eigenvalue weighted by atomic mass is 10.0. The SMILES string of the molecule is C[C@@H](Oc1nc(-c2ccc(N3CCOCC3)nc2)cc2ncn(C)c12)C1CCNC1. The summed E-state index contributed by atoms with van der Waals surface area (Å²) in [5.74, 6) is 2.10. The molecular formula is C22H28N6O2. The number of hydrogen-bond acceptors (Lipinski definition) is 7. The highest BCUT2D eigenvalue weighted by Gasteiger charge is 2.25. The highest BCUT2D eigenvalue weighted by molar-refractivity contribution is 5.84. The fourth-order valence-corrected chi connectivity index (χ4v) is 4.24. The molecule has 30 heavy (non-hydrogen) atoms. The van der Waals surface area contributed by atoms with Crippen molar-refractivity contribution in [2.24, 2.45) is 13.0 Å². The van der Waals surface area contributed by atoms with Crippen LogP contribution in [0.2, 0.25) is 0 Å². The number of hydrogen-bond donors (Lipinski definition) is 1. The van der Waals surface area contributed by atoms with Gasteiger partial charge in [0.15, 0.2) is 0 Å². The molecule has 0 saturated carbocycles. The molecule has 0 spiro atoms. The zero-order chi connectivity index (χ0) is 20.5. The molecule has 1 unspecified atom stereocenters. The molecule has 3 aromatic heterocycles. The second-order valence-corrected chi connectivity index (χ2v) is 8.12. The number of fused-ring (bicyclic) bond motifs is 1. The van der Waals surface area contributed by atoms with E-state index in [1.165, 1.54) is 0 Å². The third-order valence-electron chi connectivity index (χ3n) is 6.10. The van der Waals surface area contributed by atoms with Gasteiger partial charge < -0.3 is 24.3 Å². The molecule has 0 aromatic carbocycles. The zero-order valence-corrected chi connectivity index (χ0v) is 17.5. The fraction of sp³-hybridized carbons (Fsp3) is 0.500. The van der Waals surface area contributed by atoms with Gasteiger partial charge in [-0.05, 0) is 38.1 Å². The summed E-state index contributed by atoms with van der Waals surface area (Å²) < 4.78 is 13.8. The molecule has 2 aliphatic rings. The summed E-state index contributed by atoms with van der Waals surface area (Å²) in [4.78, 5) is 16.3. The van der Waals surface area contributed by atoms with Crippen molar-refractivity contribution < 1.29 is 9.47 Å². The van der Waals surface area contributed by atoms with Crippen LogP contribution in [0.5, 0.6) is 5.88 Å². The first-order valence-corrected chi connectivity index (χ1v) is 10.7. The van der Waals surface area contributed by atoms with Crippen LogP contribution in [0, 0.1) is 5.92 Å². The van der Waals surface area contributed by atoms with Crippen LogP contribution in [-0.2, 0) is 11.8 Å². The van der Waals surface area contributed by atoms with Crippen molar-refractivity contribution in [1.82, 2.24) is 24.8 Å². The van der Waals surface area contributed by atoms with Gasteiger partial charge in [-0.25, -0.2) is 15.0 Å². The minimum absolute atomic E-state index is 0.0858. The average Bonchev–Trinajstić information content (AvgIpc) is 3.45. The third kappa shape index (κ3) is 3.73. The molecule has 0 aliphatic carbocycles. The van der Waals surface area contributed by atoms with Crippen LogP contribution in [0.15, 0.2) is 30.7 Å². The summed E-state index contributed by atoms with van der Waals surface area (Å²) in [6.07, 6.45) is 4.91. The Kier molecular flexibility index (Phi) is 5.26. The number of nitrogens with zero attached hydrogens (tertiary/aromatic N) is 5. The lowest BCUT2D eigenvalue weighted by molar-refractivity contribution is 0.122. The second kappa shape index (κ2) is 8.20. The van der Waals surface area contributed by atoms with Crippen molar-refractivity contribution in [3.63, 3.8) is 0 Å². The number of aryl methyl sites for hydroxylation is 1. The number of aromatic nitrogens is 4. The van der Waals surface area contributed by atoms with Gasteiger partial charge in [0, 0.05) is 44.4 Å². The predicted octanol–water partition coefficient (Wildman–Crippen LogP) is 2.24. The highest BCUT2D eigenvalue weighted by atomic mass is 16.5. The van der Waals surface area contributed by atoms with E-state index >= 15 is 0 Å². The molecule has 158 valence electrons. The number of pyridine rings is 2. The summed E-state index contributed by atoms with van der Waals surface area (Å²) >= 11 is 0. The maximum atomic E-state index is 6.38. The Morgan fingerprint density at radius 2 is 2.10 bits per heavy atom. The summed E-state index contributed by atoms with van der Waals surface area (Å²) in [6, 6.07) is 6.14. The lowest BCUT2D eigenvalue weighted by Gasteiger charge is -2.27. The van der Waals surface area contributed by atoms with E-state index in [0.29, 0.717) is 11.8 Å². The van der Waals surface area contributed by atoms with Gasteiger partial charge in [-0.2, -0.15) is 0 Å². The smallest absolute Gasteiger partial charge is 0.241 e. The third-order valence-corrected chi connectivity index (χ3v) is 6.10. The Bertz CT molecular complexity index is 1010. The van der Waals surface area contributed by atoms with Crippen molar-refractivity contribution >= 4 is 16.9 Å². The molecule has 8 nitrogen and oxygen atoms in total. The number of anilines is 1. The lowest BCUT2D eigenvalue weighted by Crippen LogP contribution is -2.36. The van der Waals surface area contributed by atoms with E-state index in [-0.39, 0.29) is 6.10 Å². The maximum absolute atomic E-state index is 6.38. The Labute approximate surface area is 176 Å². The Morgan fingerprint density at radius 1 is 1.23 bits per heavy atom. The molecule has 2 aliphatic heterocycles. The minimum Gasteiger partial charge on any atom is -0.473 e. The number of ether oxygens (including phenoxy) is 2. The standard InChI is InChI=1S/C22H28N6O2/c1-15(16-5-6-23-12-16)30-22-21-19(25-14-27(21)2)11-18(26-22)17-3-4-20(24-13-17)28-7-9-29-10-8-28/h3-4,11,13-16,23H,5-10,12H2,1-2H3/t15-,16?/m1/s1. The van der Waals surface area contributed by atoms with E-state index in [9.17, 15) is 0 Å². The van der Waals surface area contributed by atoms with Crippen LogP contribution in [0.1, 0.15) is 13.3 Å². The van der Waals surface area contributed by atoms with Crippen molar-refractivity contribution in [2.45, 2.75) is 19.4 Å². The monoisotopic (exact) mass is 408 g/mol. The summed E-state index contributed by atoms with van der Waals surface area (Å²) in [5, 5.41) is 3.41. The molecule has 5 heterocycles. The van der Waals surface area contributed by atoms with E-state index in [4.69, 9.17) is 14.5 Å². The normalized spacial score (nSPS) is 20.6. The molecule has 0 bridgehead atoms. The molecule has 2 fully saturated rings. The fourth-order valence-electron chi connectivity index (χ4n) is 4.24. The first kappa shape index (κ1) is 19.3. The zero-order valence-electron chi connectivity index (χ0n) is 17.5. The molecule has 1 N–H and O–H groups in total. The van der Waals surface area contributed by atoms with E-state index in [1.54, 1.807) is 0 Å². The molecule has 2 atom stereocenters. The predicted molar refractivity (Wildman–Crippen MR) is 116 cm³/mol. The number of nitrogens with one attached hydrogen (secondary N) is 1. The number of morpholine rings is 1. The minimum atomic E-state index is 0.0858. The summed E-state index contributed by atoms with van der Waals surface area (Å²) in [7, 11) is 1.98. The van der Waals surface area contributed by atoms with Gasteiger partial charge in [-0.3, -0.25) is 0 Å².